The van der Waals surface area contributed by atoms with Gasteiger partial charge in [0.05, 0.1) is 0 Å². The molecule has 0 saturated carbocycles. The van der Waals surface area contributed by atoms with E-state index in [1.54, 1.807) is 23.3 Å². The molecule has 0 radical (unpaired) electrons. The molecule has 0 spiro atoms. The van der Waals surface area contributed by atoms with Crippen molar-refractivity contribution in [1.29, 1.82) is 0 Å². The topological polar surface area (TPSA) is 85.8 Å². The van der Waals surface area contributed by atoms with Gasteiger partial charge in [-0.05, 0) is 25.2 Å². The van der Waals surface area contributed by atoms with Gasteiger partial charge in [-0.3, -0.25) is 4.57 Å². The number of hydrogen-bond donors (Lipinski definition) is 1. The smallest absolute Gasteiger partial charge is 0.241 e. The van der Waals surface area contributed by atoms with E-state index in [9.17, 15) is 0 Å². The first kappa shape index (κ1) is 13.8. The van der Waals surface area contributed by atoms with Crippen LogP contribution in [0.1, 0.15) is 27.2 Å². The Morgan fingerprint density at radius 3 is 2.62 bits per heavy atom. The number of piperidine rings is 1. The van der Waals surface area contributed by atoms with Crippen LogP contribution in [0.5, 0.6) is 0 Å². The molecule has 0 aromatic carbocycles. The summed E-state index contributed by atoms with van der Waals surface area (Å²) in [5.74, 6) is 2.61. The van der Waals surface area contributed by atoms with Gasteiger partial charge in [-0.2, -0.15) is 15.0 Å². The molecule has 0 amide bonds. The third-order valence-corrected chi connectivity index (χ3v) is 4.22. The number of nitrogen functional groups attached to an aromatic ring is 1. The molecule has 112 valence electrons. The average molecular weight is 287 g/mol. The third kappa shape index (κ3) is 2.68. The fraction of sp³-hybridized carbons (Fsp3) is 0.571. The molecule has 0 aliphatic carbocycles. The molecule has 3 rings (SSSR count). The lowest BCUT2D eigenvalue weighted by atomic mass is 9.86. The molecular weight excluding hydrogens is 266 g/mol. The van der Waals surface area contributed by atoms with Gasteiger partial charge in [-0.1, -0.05) is 13.8 Å². The van der Waals surface area contributed by atoms with Crippen molar-refractivity contribution < 1.29 is 0 Å². The second-order valence-corrected chi connectivity index (χ2v) is 5.97. The number of anilines is 2. The van der Waals surface area contributed by atoms with Crippen molar-refractivity contribution in [2.24, 2.45) is 11.8 Å². The molecule has 7 nitrogen and oxygen atoms in total. The minimum absolute atomic E-state index is 0.238. The summed E-state index contributed by atoms with van der Waals surface area (Å²) in [6.45, 7) is 7.69. The molecule has 3 atom stereocenters. The van der Waals surface area contributed by atoms with Crippen molar-refractivity contribution in [2.45, 2.75) is 33.2 Å². The Kier molecular flexibility index (Phi) is 3.48. The Labute approximate surface area is 124 Å². The molecule has 2 aromatic rings. The van der Waals surface area contributed by atoms with E-state index in [0.29, 0.717) is 29.8 Å². The highest BCUT2D eigenvalue weighted by atomic mass is 15.3. The van der Waals surface area contributed by atoms with Crippen molar-refractivity contribution in [3.05, 3.63) is 18.7 Å². The second-order valence-electron chi connectivity index (χ2n) is 5.97. The zero-order chi connectivity index (χ0) is 15.0. The molecule has 21 heavy (non-hydrogen) atoms. The first-order valence-corrected chi connectivity index (χ1v) is 7.31. The van der Waals surface area contributed by atoms with Crippen molar-refractivity contribution in [3.8, 4) is 5.95 Å². The Balaban J connectivity index is 1.98. The maximum atomic E-state index is 5.86. The largest absolute Gasteiger partial charge is 0.368 e. The van der Waals surface area contributed by atoms with Crippen LogP contribution in [0.4, 0.5) is 11.9 Å². The highest BCUT2D eigenvalue weighted by molar-refractivity contribution is 5.39. The number of nitrogens with zero attached hydrogens (tertiary/aromatic N) is 6. The van der Waals surface area contributed by atoms with E-state index in [4.69, 9.17) is 5.73 Å². The fourth-order valence-corrected chi connectivity index (χ4v) is 2.97. The van der Waals surface area contributed by atoms with Crippen LogP contribution in [-0.2, 0) is 0 Å². The van der Waals surface area contributed by atoms with Crippen LogP contribution < -0.4 is 10.6 Å². The van der Waals surface area contributed by atoms with E-state index in [0.717, 1.165) is 6.54 Å². The number of hydrogen-bond acceptors (Lipinski definition) is 6. The lowest BCUT2D eigenvalue weighted by molar-refractivity contribution is 0.293. The van der Waals surface area contributed by atoms with Gasteiger partial charge >= 0.3 is 0 Å². The second kappa shape index (κ2) is 5.31. The molecular formula is C14H21N7. The van der Waals surface area contributed by atoms with Crippen LogP contribution in [-0.4, -0.2) is 37.1 Å². The number of imidazole rings is 1. The van der Waals surface area contributed by atoms with Crippen LogP contribution in [0.2, 0.25) is 0 Å². The normalized spacial score (nSPS) is 26.0. The summed E-state index contributed by atoms with van der Waals surface area (Å²) in [5.41, 5.74) is 5.86. The Hall–Kier alpha value is -2.18. The molecule has 1 aliphatic heterocycles. The monoisotopic (exact) mass is 287 g/mol. The number of rotatable bonds is 2. The van der Waals surface area contributed by atoms with Gasteiger partial charge in [0.25, 0.3) is 0 Å². The van der Waals surface area contributed by atoms with Crippen molar-refractivity contribution in [3.63, 3.8) is 0 Å². The highest BCUT2D eigenvalue weighted by Crippen LogP contribution is 2.29. The summed E-state index contributed by atoms with van der Waals surface area (Å²) < 4.78 is 1.74. The molecule has 0 bridgehead atoms. The van der Waals surface area contributed by atoms with Crippen molar-refractivity contribution >= 4 is 11.9 Å². The van der Waals surface area contributed by atoms with E-state index in [2.05, 4.69) is 45.6 Å². The molecule has 1 aliphatic rings. The fourth-order valence-electron chi connectivity index (χ4n) is 2.97. The standard InChI is InChI=1S/C14H21N7/c1-9-6-10(2)11(3)21(7-9)14-18-12(15)17-13(19-14)20-5-4-16-8-20/h4-5,8-11H,6-7H2,1-3H3,(H2,15,17,18,19). The van der Waals surface area contributed by atoms with E-state index in [1.165, 1.54) is 6.42 Å². The van der Waals surface area contributed by atoms with Gasteiger partial charge in [0.2, 0.25) is 17.8 Å². The molecule has 3 unspecified atom stereocenters. The Bertz CT molecular complexity index is 610. The molecule has 2 N–H and O–H groups in total. The lowest BCUT2D eigenvalue weighted by Crippen LogP contribution is -2.46. The van der Waals surface area contributed by atoms with E-state index in [-0.39, 0.29) is 5.95 Å². The van der Waals surface area contributed by atoms with Gasteiger partial charge in [0, 0.05) is 25.0 Å². The molecule has 1 saturated heterocycles. The zero-order valence-corrected chi connectivity index (χ0v) is 12.6. The van der Waals surface area contributed by atoms with Crippen molar-refractivity contribution in [1.82, 2.24) is 24.5 Å². The maximum Gasteiger partial charge on any atom is 0.241 e. The third-order valence-electron chi connectivity index (χ3n) is 4.22. The molecule has 1 fully saturated rings. The minimum atomic E-state index is 0.238. The molecule has 3 heterocycles. The van der Waals surface area contributed by atoms with Crippen LogP contribution >= 0.6 is 0 Å². The Morgan fingerprint density at radius 2 is 1.90 bits per heavy atom. The van der Waals surface area contributed by atoms with Crippen LogP contribution in [0.3, 0.4) is 0 Å². The summed E-state index contributed by atoms with van der Waals surface area (Å²) in [6, 6.07) is 0.388. The summed E-state index contributed by atoms with van der Waals surface area (Å²) >= 11 is 0. The highest BCUT2D eigenvalue weighted by Gasteiger charge is 2.30. The van der Waals surface area contributed by atoms with Gasteiger partial charge in [0.1, 0.15) is 6.33 Å². The van der Waals surface area contributed by atoms with E-state index in [1.807, 2.05) is 0 Å². The molecule has 7 heteroatoms. The SMILES string of the molecule is CC1CC(C)C(C)N(c2nc(N)nc(-n3ccnc3)n2)C1. The summed E-state index contributed by atoms with van der Waals surface area (Å²) in [7, 11) is 0. The molecule has 2 aromatic heterocycles. The average Bonchev–Trinajstić information content (AvgIpc) is 2.96. The Morgan fingerprint density at radius 1 is 1.14 bits per heavy atom. The van der Waals surface area contributed by atoms with Crippen LogP contribution in [0.25, 0.3) is 5.95 Å². The van der Waals surface area contributed by atoms with E-state index < -0.39 is 0 Å². The lowest BCUT2D eigenvalue weighted by Gasteiger charge is -2.41. The predicted molar refractivity (Wildman–Crippen MR) is 81.1 cm³/mol. The van der Waals surface area contributed by atoms with Crippen LogP contribution in [0.15, 0.2) is 18.7 Å². The van der Waals surface area contributed by atoms with Crippen molar-refractivity contribution in [2.75, 3.05) is 17.2 Å². The first-order valence-electron chi connectivity index (χ1n) is 7.31. The number of nitrogens with two attached hydrogens (primary N) is 1. The number of aromatic nitrogens is 5. The first-order chi connectivity index (χ1) is 10.0. The minimum Gasteiger partial charge on any atom is -0.368 e. The summed E-state index contributed by atoms with van der Waals surface area (Å²) in [4.78, 5) is 19.3. The quantitative estimate of drug-likeness (QED) is 0.901. The van der Waals surface area contributed by atoms with Gasteiger partial charge in [0.15, 0.2) is 0 Å². The summed E-state index contributed by atoms with van der Waals surface area (Å²) in [6.07, 6.45) is 6.37. The van der Waals surface area contributed by atoms with E-state index >= 15 is 0 Å². The maximum absolute atomic E-state index is 5.86. The van der Waals surface area contributed by atoms with Crippen LogP contribution in [0, 0.1) is 11.8 Å². The predicted octanol–water partition coefficient (Wildman–Crippen LogP) is 1.51. The van der Waals surface area contributed by atoms with Gasteiger partial charge in [-0.15, -0.1) is 0 Å². The van der Waals surface area contributed by atoms with Gasteiger partial charge in [-0.25, -0.2) is 4.98 Å². The summed E-state index contributed by atoms with van der Waals surface area (Å²) in [5, 5.41) is 0. The van der Waals surface area contributed by atoms with Gasteiger partial charge < -0.3 is 10.6 Å². The zero-order valence-electron chi connectivity index (χ0n) is 12.6.